The summed E-state index contributed by atoms with van der Waals surface area (Å²) >= 11 is 1.14. The van der Waals surface area contributed by atoms with Gasteiger partial charge in [0.05, 0.1) is 43.5 Å². The number of nitrogens with zero attached hydrogens (tertiary/aromatic N) is 5. The lowest BCUT2D eigenvalue weighted by Crippen LogP contribution is -2.32. The first-order valence-corrected chi connectivity index (χ1v) is 6.88. The van der Waals surface area contributed by atoms with Crippen molar-refractivity contribution in [2.45, 2.75) is 12.6 Å². The number of hydrogen-bond acceptors (Lipinski definition) is 8. The van der Waals surface area contributed by atoms with E-state index in [1.54, 1.807) is 19.5 Å². The van der Waals surface area contributed by atoms with Crippen LogP contribution in [0.25, 0.3) is 0 Å². The van der Waals surface area contributed by atoms with Gasteiger partial charge >= 0.3 is 0 Å². The van der Waals surface area contributed by atoms with Crippen molar-refractivity contribution in [2.24, 2.45) is 5.84 Å². The lowest BCUT2D eigenvalue weighted by molar-refractivity contribution is 0.359. The topological polar surface area (TPSA) is 94.1 Å². The Bertz CT molecular complexity index is 525. The zero-order chi connectivity index (χ0) is 14.5. The van der Waals surface area contributed by atoms with E-state index in [0.717, 1.165) is 36.2 Å². The summed E-state index contributed by atoms with van der Waals surface area (Å²) in [6, 6.07) is -0.298. The van der Waals surface area contributed by atoms with Crippen LogP contribution in [0.1, 0.15) is 17.4 Å². The second-order valence-electron chi connectivity index (χ2n) is 4.56. The van der Waals surface area contributed by atoms with Gasteiger partial charge in [-0.3, -0.25) is 10.5 Å². The van der Waals surface area contributed by atoms with E-state index in [1.807, 2.05) is 18.8 Å². The molecule has 0 amide bonds. The molecule has 9 heteroatoms. The van der Waals surface area contributed by atoms with E-state index < -0.39 is 0 Å². The van der Waals surface area contributed by atoms with E-state index in [4.69, 9.17) is 10.6 Å². The molecule has 0 spiro atoms. The normalized spacial score (nSPS) is 12.8. The number of aromatic nitrogens is 4. The monoisotopic (exact) mass is 297 g/mol. The van der Waals surface area contributed by atoms with E-state index in [0.29, 0.717) is 5.75 Å². The Morgan fingerprint density at radius 1 is 1.50 bits per heavy atom. The summed E-state index contributed by atoms with van der Waals surface area (Å²) in [6.45, 7) is 1.60. The Balaban J connectivity index is 2.34. The predicted octanol–water partition coefficient (Wildman–Crippen LogP) is -0.142. The molecule has 0 saturated heterocycles. The third-order valence-electron chi connectivity index (χ3n) is 2.94. The van der Waals surface area contributed by atoms with Crippen molar-refractivity contribution in [3.05, 3.63) is 23.8 Å². The van der Waals surface area contributed by atoms with Crippen LogP contribution in [-0.2, 0) is 6.54 Å². The smallest absolute Gasteiger partial charge is 0.162 e. The molecule has 1 atom stereocenters. The second-order valence-corrected chi connectivity index (χ2v) is 5.11. The van der Waals surface area contributed by atoms with Crippen LogP contribution < -0.4 is 16.0 Å². The molecule has 2 heterocycles. The van der Waals surface area contributed by atoms with Crippen molar-refractivity contribution in [2.75, 3.05) is 27.7 Å². The highest BCUT2D eigenvalue weighted by Gasteiger charge is 2.24. The molecule has 20 heavy (non-hydrogen) atoms. The van der Waals surface area contributed by atoms with Gasteiger partial charge in [0.25, 0.3) is 0 Å². The molecule has 2 rings (SSSR count). The van der Waals surface area contributed by atoms with E-state index in [2.05, 4.69) is 24.2 Å². The Labute approximate surface area is 121 Å². The minimum atomic E-state index is -0.298. The Kier molecular flexibility index (Phi) is 5.01. The summed E-state index contributed by atoms with van der Waals surface area (Å²) in [7, 11) is 5.65. The quantitative estimate of drug-likeness (QED) is 0.542. The van der Waals surface area contributed by atoms with Gasteiger partial charge < -0.3 is 9.64 Å². The van der Waals surface area contributed by atoms with Crippen molar-refractivity contribution in [1.29, 1.82) is 0 Å². The summed E-state index contributed by atoms with van der Waals surface area (Å²) in [5.74, 6) is 6.36. The van der Waals surface area contributed by atoms with Crippen molar-refractivity contribution in [1.82, 2.24) is 28.9 Å². The maximum Gasteiger partial charge on any atom is 0.162 e. The average Bonchev–Trinajstić information content (AvgIpc) is 3.07. The molecule has 0 aliphatic heterocycles. The van der Waals surface area contributed by atoms with Crippen LogP contribution in [0, 0.1) is 0 Å². The lowest BCUT2D eigenvalue weighted by Gasteiger charge is -2.18. The highest BCUT2D eigenvalue weighted by Crippen LogP contribution is 2.28. The minimum Gasteiger partial charge on any atom is -0.493 e. The van der Waals surface area contributed by atoms with E-state index in [9.17, 15) is 0 Å². The van der Waals surface area contributed by atoms with Gasteiger partial charge in [0.1, 0.15) is 11.7 Å². The van der Waals surface area contributed by atoms with Crippen LogP contribution in [0.3, 0.4) is 0 Å². The molecule has 3 N–H and O–H groups in total. The van der Waals surface area contributed by atoms with Gasteiger partial charge in [-0.15, -0.1) is 0 Å². The summed E-state index contributed by atoms with van der Waals surface area (Å²) in [6.07, 6.45) is 3.38. The number of ether oxygens (including phenoxy) is 1. The van der Waals surface area contributed by atoms with Crippen LogP contribution in [0.2, 0.25) is 0 Å². The zero-order valence-corrected chi connectivity index (χ0v) is 12.6. The lowest BCUT2D eigenvalue weighted by atomic mass is 10.1. The molecule has 8 nitrogen and oxygen atoms in total. The van der Waals surface area contributed by atoms with Gasteiger partial charge in [0, 0.05) is 6.54 Å². The van der Waals surface area contributed by atoms with Crippen LogP contribution in [0.4, 0.5) is 0 Å². The minimum absolute atomic E-state index is 0.298. The van der Waals surface area contributed by atoms with Gasteiger partial charge in [0.2, 0.25) is 0 Å². The number of rotatable bonds is 7. The summed E-state index contributed by atoms with van der Waals surface area (Å²) < 4.78 is 15.5. The van der Waals surface area contributed by atoms with E-state index in [1.165, 1.54) is 0 Å². The molecule has 0 bridgehead atoms. The van der Waals surface area contributed by atoms with Crippen molar-refractivity contribution >= 4 is 11.7 Å². The highest BCUT2D eigenvalue weighted by atomic mass is 32.1. The van der Waals surface area contributed by atoms with Crippen molar-refractivity contribution in [3.63, 3.8) is 0 Å². The van der Waals surface area contributed by atoms with E-state index >= 15 is 0 Å². The van der Waals surface area contributed by atoms with Crippen LogP contribution >= 0.6 is 11.7 Å². The number of nitrogens with one attached hydrogen (secondary N) is 1. The summed E-state index contributed by atoms with van der Waals surface area (Å²) in [4.78, 5) is 2.09. The number of hydrogen-bond donors (Lipinski definition) is 2. The Morgan fingerprint density at radius 3 is 2.85 bits per heavy atom. The molecular formula is C11H19N7OS. The van der Waals surface area contributed by atoms with Gasteiger partial charge in [-0.05, 0) is 14.1 Å². The molecule has 0 aliphatic rings. The third-order valence-corrected chi connectivity index (χ3v) is 3.43. The molecular weight excluding hydrogens is 278 g/mol. The fraction of sp³-hybridized carbons (Fsp3) is 0.545. The molecule has 0 aliphatic carbocycles. The molecule has 0 radical (unpaired) electrons. The number of hydrazine groups is 1. The SMILES string of the molecule is COc1cnn(CCN(C)C)c1C(NN)c1cnsn1. The number of nitrogens with two attached hydrogens (primary N) is 1. The third kappa shape index (κ3) is 3.12. The molecule has 0 saturated carbocycles. The van der Waals surface area contributed by atoms with Gasteiger partial charge in [-0.25, -0.2) is 5.43 Å². The van der Waals surface area contributed by atoms with Crippen LogP contribution in [0.15, 0.2) is 12.4 Å². The predicted molar refractivity (Wildman–Crippen MR) is 76.4 cm³/mol. The molecule has 2 aromatic heterocycles. The largest absolute Gasteiger partial charge is 0.493 e. The standard InChI is InChI=1S/C11H19N7OS/c1-17(2)4-5-18-11(9(19-3)7-13-18)10(15-12)8-6-14-20-16-8/h6-7,10,15H,4-5,12H2,1-3H3. The highest BCUT2D eigenvalue weighted by molar-refractivity contribution is 6.99. The van der Waals surface area contributed by atoms with Crippen molar-refractivity contribution < 1.29 is 4.74 Å². The number of likely N-dealkylation sites (N-methyl/N-ethyl adjacent to an activating group) is 1. The fourth-order valence-corrected chi connectivity index (χ4v) is 2.35. The fourth-order valence-electron chi connectivity index (χ4n) is 1.90. The Morgan fingerprint density at radius 2 is 2.30 bits per heavy atom. The molecule has 0 aromatic carbocycles. The maximum atomic E-state index is 5.68. The first-order chi connectivity index (χ1) is 9.67. The number of methoxy groups -OCH3 is 1. The molecule has 110 valence electrons. The molecule has 1 unspecified atom stereocenters. The molecule has 0 fully saturated rings. The van der Waals surface area contributed by atoms with Gasteiger partial charge in [-0.1, -0.05) is 0 Å². The first kappa shape index (κ1) is 14.9. The van der Waals surface area contributed by atoms with Gasteiger partial charge in [0.15, 0.2) is 5.75 Å². The summed E-state index contributed by atoms with van der Waals surface area (Å²) in [5.41, 5.74) is 4.36. The zero-order valence-electron chi connectivity index (χ0n) is 11.8. The second kappa shape index (κ2) is 6.75. The van der Waals surface area contributed by atoms with Crippen molar-refractivity contribution in [3.8, 4) is 5.75 Å². The molecule has 2 aromatic rings. The van der Waals surface area contributed by atoms with E-state index in [-0.39, 0.29) is 6.04 Å². The average molecular weight is 297 g/mol. The summed E-state index contributed by atoms with van der Waals surface area (Å²) in [5, 5.41) is 4.36. The van der Waals surface area contributed by atoms with Crippen LogP contribution in [0.5, 0.6) is 5.75 Å². The van der Waals surface area contributed by atoms with Crippen LogP contribution in [-0.4, -0.2) is 51.2 Å². The Hall–Kier alpha value is -1.55. The maximum absolute atomic E-state index is 5.68. The first-order valence-electron chi connectivity index (χ1n) is 6.15. The van der Waals surface area contributed by atoms with Gasteiger partial charge in [-0.2, -0.15) is 13.8 Å².